The van der Waals surface area contributed by atoms with Crippen molar-refractivity contribution in [3.05, 3.63) is 54.6 Å². The molecule has 0 radical (unpaired) electrons. The summed E-state index contributed by atoms with van der Waals surface area (Å²) in [4.78, 5) is 12.1. The molecular formula is C20H26N2O. The molecule has 1 amide bonds. The van der Waals surface area contributed by atoms with Crippen LogP contribution in [0.2, 0.25) is 0 Å². The standard InChI is InChI=1S/C20H26N2O/c1-4-15(2)16(3)14-20(23)22-19-12-10-18(11-13-19)21-17-8-6-5-7-9-17/h5-13,15-16,21H,4,14H2,1-3H3,(H,22,23). The molecule has 3 nitrogen and oxygen atoms in total. The van der Waals surface area contributed by atoms with Gasteiger partial charge >= 0.3 is 0 Å². The number of hydrogen-bond acceptors (Lipinski definition) is 2. The Hall–Kier alpha value is -2.29. The van der Waals surface area contributed by atoms with Gasteiger partial charge in [-0.1, -0.05) is 45.4 Å². The van der Waals surface area contributed by atoms with Crippen LogP contribution in [-0.2, 0) is 4.79 Å². The maximum atomic E-state index is 12.1. The molecule has 0 aromatic heterocycles. The molecule has 0 saturated heterocycles. The Labute approximate surface area is 139 Å². The van der Waals surface area contributed by atoms with Crippen molar-refractivity contribution in [2.45, 2.75) is 33.6 Å². The molecule has 2 atom stereocenters. The van der Waals surface area contributed by atoms with E-state index in [1.165, 1.54) is 0 Å². The van der Waals surface area contributed by atoms with Crippen LogP contribution in [0.5, 0.6) is 0 Å². The van der Waals surface area contributed by atoms with Crippen LogP contribution in [0.4, 0.5) is 17.1 Å². The van der Waals surface area contributed by atoms with Crippen molar-refractivity contribution < 1.29 is 4.79 Å². The van der Waals surface area contributed by atoms with E-state index < -0.39 is 0 Å². The van der Waals surface area contributed by atoms with E-state index in [0.29, 0.717) is 18.3 Å². The first-order valence-corrected chi connectivity index (χ1v) is 8.30. The normalized spacial score (nSPS) is 13.2. The Bertz CT molecular complexity index is 607. The second kappa shape index (κ2) is 8.37. The van der Waals surface area contributed by atoms with Crippen LogP contribution in [0.1, 0.15) is 33.6 Å². The van der Waals surface area contributed by atoms with E-state index in [4.69, 9.17) is 0 Å². The van der Waals surface area contributed by atoms with Crippen LogP contribution in [0.15, 0.2) is 54.6 Å². The SMILES string of the molecule is CCC(C)C(C)CC(=O)Nc1ccc(Nc2ccccc2)cc1. The quantitative estimate of drug-likeness (QED) is 0.715. The van der Waals surface area contributed by atoms with E-state index in [1.807, 2.05) is 54.6 Å². The van der Waals surface area contributed by atoms with E-state index >= 15 is 0 Å². The number of rotatable bonds is 7. The third kappa shape index (κ3) is 5.44. The molecule has 2 rings (SSSR count). The van der Waals surface area contributed by atoms with Crippen LogP contribution < -0.4 is 10.6 Å². The number of carbonyl (C=O) groups excluding carboxylic acids is 1. The van der Waals surface area contributed by atoms with Crippen molar-refractivity contribution in [3.63, 3.8) is 0 Å². The lowest BCUT2D eigenvalue weighted by molar-refractivity contribution is -0.117. The summed E-state index contributed by atoms with van der Waals surface area (Å²) in [6, 6.07) is 17.8. The predicted molar refractivity (Wildman–Crippen MR) is 98.0 cm³/mol. The fraction of sp³-hybridized carbons (Fsp3) is 0.350. The summed E-state index contributed by atoms with van der Waals surface area (Å²) in [6.45, 7) is 6.50. The van der Waals surface area contributed by atoms with Gasteiger partial charge in [-0.05, 0) is 48.2 Å². The fourth-order valence-corrected chi connectivity index (χ4v) is 2.43. The van der Waals surface area contributed by atoms with E-state index in [1.54, 1.807) is 0 Å². The average molecular weight is 310 g/mol. The van der Waals surface area contributed by atoms with Crippen molar-refractivity contribution in [1.82, 2.24) is 0 Å². The molecule has 0 fully saturated rings. The number of benzene rings is 2. The van der Waals surface area contributed by atoms with Crippen LogP contribution >= 0.6 is 0 Å². The van der Waals surface area contributed by atoms with Crippen molar-refractivity contribution in [3.8, 4) is 0 Å². The summed E-state index contributed by atoms with van der Waals surface area (Å²) in [5, 5.41) is 6.30. The second-order valence-electron chi connectivity index (χ2n) is 6.18. The predicted octanol–water partition coefficient (Wildman–Crippen LogP) is 5.44. The van der Waals surface area contributed by atoms with Gasteiger partial charge in [-0.3, -0.25) is 4.79 Å². The Balaban J connectivity index is 1.88. The minimum Gasteiger partial charge on any atom is -0.356 e. The average Bonchev–Trinajstić information content (AvgIpc) is 2.56. The lowest BCUT2D eigenvalue weighted by atomic mass is 9.90. The molecule has 122 valence electrons. The first-order valence-electron chi connectivity index (χ1n) is 8.30. The maximum absolute atomic E-state index is 12.1. The first kappa shape index (κ1) is 17.1. The van der Waals surface area contributed by atoms with Crippen molar-refractivity contribution in [1.29, 1.82) is 0 Å². The first-order chi connectivity index (χ1) is 11.1. The van der Waals surface area contributed by atoms with Gasteiger partial charge < -0.3 is 10.6 Å². The van der Waals surface area contributed by atoms with Crippen LogP contribution in [-0.4, -0.2) is 5.91 Å². The lowest BCUT2D eigenvalue weighted by Gasteiger charge is -2.17. The second-order valence-corrected chi connectivity index (χ2v) is 6.18. The molecule has 23 heavy (non-hydrogen) atoms. The van der Waals surface area contributed by atoms with Gasteiger partial charge in [-0.15, -0.1) is 0 Å². The summed E-state index contributed by atoms with van der Waals surface area (Å²) in [6.07, 6.45) is 1.67. The number of amides is 1. The van der Waals surface area contributed by atoms with E-state index in [2.05, 4.69) is 31.4 Å². The molecule has 0 aliphatic carbocycles. The Morgan fingerprint density at radius 3 is 2.04 bits per heavy atom. The molecule has 0 saturated carbocycles. The lowest BCUT2D eigenvalue weighted by Crippen LogP contribution is -2.18. The summed E-state index contributed by atoms with van der Waals surface area (Å²) in [5.41, 5.74) is 2.89. The molecule has 2 N–H and O–H groups in total. The molecule has 3 heteroatoms. The largest absolute Gasteiger partial charge is 0.356 e. The third-order valence-electron chi connectivity index (χ3n) is 4.35. The molecule has 0 heterocycles. The summed E-state index contributed by atoms with van der Waals surface area (Å²) < 4.78 is 0. The summed E-state index contributed by atoms with van der Waals surface area (Å²) in [5.74, 6) is 1.05. The van der Waals surface area contributed by atoms with Gasteiger partial charge in [0.15, 0.2) is 0 Å². The number of hydrogen-bond donors (Lipinski definition) is 2. The van der Waals surface area contributed by atoms with Crippen molar-refractivity contribution >= 4 is 23.0 Å². The fourth-order valence-electron chi connectivity index (χ4n) is 2.43. The highest BCUT2D eigenvalue weighted by molar-refractivity contribution is 5.91. The Kier molecular flexibility index (Phi) is 6.21. The molecule has 2 aromatic carbocycles. The minimum atomic E-state index is 0.0848. The van der Waals surface area contributed by atoms with E-state index in [0.717, 1.165) is 23.5 Å². The van der Waals surface area contributed by atoms with Gasteiger partial charge in [0.25, 0.3) is 0 Å². The van der Waals surface area contributed by atoms with Gasteiger partial charge in [-0.25, -0.2) is 0 Å². The van der Waals surface area contributed by atoms with Gasteiger partial charge in [0.2, 0.25) is 5.91 Å². The number of carbonyl (C=O) groups is 1. The van der Waals surface area contributed by atoms with Gasteiger partial charge in [0.05, 0.1) is 0 Å². The molecule has 0 aliphatic rings. The Morgan fingerprint density at radius 2 is 1.43 bits per heavy atom. The van der Waals surface area contributed by atoms with Gasteiger partial charge in [0.1, 0.15) is 0 Å². The van der Waals surface area contributed by atoms with Crippen LogP contribution in [0, 0.1) is 11.8 Å². The van der Waals surface area contributed by atoms with Gasteiger partial charge in [-0.2, -0.15) is 0 Å². The zero-order valence-corrected chi connectivity index (χ0v) is 14.2. The highest BCUT2D eigenvalue weighted by Crippen LogP contribution is 2.21. The molecule has 2 aromatic rings. The number of anilines is 3. The molecular weight excluding hydrogens is 284 g/mol. The number of nitrogens with one attached hydrogen (secondary N) is 2. The minimum absolute atomic E-state index is 0.0848. The zero-order valence-electron chi connectivity index (χ0n) is 14.2. The smallest absolute Gasteiger partial charge is 0.224 e. The highest BCUT2D eigenvalue weighted by Gasteiger charge is 2.14. The molecule has 0 aliphatic heterocycles. The summed E-state index contributed by atoms with van der Waals surface area (Å²) in [7, 11) is 0. The highest BCUT2D eigenvalue weighted by atomic mass is 16.1. The monoisotopic (exact) mass is 310 g/mol. The topological polar surface area (TPSA) is 41.1 Å². The van der Waals surface area contributed by atoms with Crippen molar-refractivity contribution in [2.75, 3.05) is 10.6 Å². The van der Waals surface area contributed by atoms with Gasteiger partial charge in [0, 0.05) is 23.5 Å². The van der Waals surface area contributed by atoms with Crippen LogP contribution in [0.3, 0.4) is 0 Å². The number of para-hydroxylation sites is 1. The molecule has 0 bridgehead atoms. The molecule has 0 spiro atoms. The van der Waals surface area contributed by atoms with Crippen LogP contribution in [0.25, 0.3) is 0 Å². The van der Waals surface area contributed by atoms with Crippen molar-refractivity contribution in [2.24, 2.45) is 11.8 Å². The Morgan fingerprint density at radius 1 is 0.870 bits per heavy atom. The zero-order chi connectivity index (χ0) is 16.7. The van der Waals surface area contributed by atoms with E-state index in [9.17, 15) is 4.79 Å². The summed E-state index contributed by atoms with van der Waals surface area (Å²) >= 11 is 0. The van der Waals surface area contributed by atoms with E-state index in [-0.39, 0.29) is 5.91 Å². The maximum Gasteiger partial charge on any atom is 0.224 e. The third-order valence-corrected chi connectivity index (χ3v) is 4.35. The molecule has 2 unspecified atom stereocenters.